The van der Waals surface area contributed by atoms with Crippen LogP contribution in [0.15, 0.2) is 78.9 Å². The number of β-amino-alcohol motifs (C(OH)–C–C–N with tert-alkyl or cyclic N) is 1. The van der Waals surface area contributed by atoms with Gasteiger partial charge in [0.05, 0.1) is 51.7 Å². The second-order valence-corrected chi connectivity index (χ2v) is 11.8. The summed E-state index contributed by atoms with van der Waals surface area (Å²) in [5.41, 5.74) is 3.68. The van der Waals surface area contributed by atoms with Crippen LogP contribution in [0, 0.1) is 0 Å². The van der Waals surface area contributed by atoms with Crippen molar-refractivity contribution in [2.24, 2.45) is 0 Å². The Morgan fingerprint density at radius 2 is 1.53 bits per heavy atom. The molecule has 3 unspecified atom stereocenters. The number of carbonyl (C=O) groups is 1. The number of hydroxylamine groups is 2. The summed E-state index contributed by atoms with van der Waals surface area (Å²) in [6, 6.07) is 26.2. The van der Waals surface area contributed by atoms with Crippen LogP contribution in [0.3, 0.4) is 0 Å². The summed E-state index contributed by atoms with van der Waals surface area (Å²) >= 11 is 0. The summed E-state index contributed by atoms with van der Waals surface area (Å²) in [7, 11) is 0. The molecule has 0 bridgehead atoms. The van der Waals surface area contributed by atoms with Gasteiger partial charge in [0, 0.05) is 12.3 Å². The van der Waals surface area contributed by atoms with Crippen LogP contribution in [-0.4, -0.2) is 60.4 Å². The summed E-state index contributed by atoms with van der Waals surface area (Å²) in [6.07, 6.45) is -0.336. The Hall–Kier alpha value is -3.43. The number of carbonyl (C=O) groups excluding carboxylic acids is 1. The lowest BCUT2D eigenvalue weighted by Crippen LogP contribution is -2.52. The van der Waals surface area contributed by atoms with Gasteiger partial charge in [0.1, 0.15) is 11.4 Å². The van der Waals surface area contributed by atoms with Gasteiger partial charge < -0.3 is 28.9 Å². The number of hydrogen-bond donors (Lipinski definition) is 1. The topological polar surface area (TPSA) is 86.7 Å². The Balaban J connectivity index is 1.35. The van der Waals surface area contributed by atoms with E-state index < -0.39 is 24.0 Å². The molecular weight excluding hydrogens is 546 g/mol. The molecule has 8 heteroatoms. The van der Waals surface area contributed by atoms with Gasteiger partial charge in [-0.3, -0.25) is 0 Å². The SMILES string of the molecule is CCc1ccc(COC2CN(OC(=O)OC(C)(C)C)CC(O)C2c2ccc(OCCCOCc3ccccc3)cc2)cc1. The molecule has 1 aliphatic rings. The smallest absolute Gasteiger partial charge is 0.494 e. The van der Waals surface area contributed by atoms with Gasteiger partial charge in [-0.05, 0) is 61.6 Å². The zero-order chi connectivity index (χ0) is 30.7. The van der Waals surface area contributed by atoms with E-state index in [0.29, 0.717) is 26.4 Å². The summed E-state index contributed by atoms with van der Waals surface area (Å²) in [5, 5.41) is 12.7. The fourth-order valence-electron chi connectivity index (χ4n) is 4.98. The summed E-state index contributed by atoms with van der Waals surface area (Å²) in [5.74, 6) is 0.425. The fraction of sp³-hybridized carbons (Fsp3) is 0.457. The molecule has 1 N–H and O–H groups in total. The monoisotopic (exact) mass is 591 g/mol. The lowest BCUT2D eigenvalue weighted by molar-refractivity contribution is -0.201. The van der Waals surface area contributed by atoms with Gasteiger partial charge in [0.15, 0.2) is 0 Å². The van der Waals surface area contributed by atoms with Crippen LogP contribution in [0.25, 0.3) is 0 Å². The average Bonchev–Trinajstić information content (AvgIpc) is 2.98. The van der Waals surface area contributed by atoms with Gasteiger partial charge in [-0.15, -0.1) is 5.06 Å². The molecule has 1 aliphatic heterocycles. The molecule has 0 spiro atoms. The second-order valence-electron chi connectivity index (χ2n) is 11.8. The lowest BCUT2D eigenvalue weighted by Gasteiger charge is -2.40. The average molecular weight is 592 g/mol. The molecule has 43 heavy (non-hydrogen) atoms. The Bertz CT molecular complexity index is 1240. The van der Waals surface area contributed by atoms with Crippen LogP contribution in [0.5, 0.6) is 5.75 Å². The first-order valence-corrected chi connectivity index (χ1v) is 15.1. The quantitative estimate of drug-likeness (QED) is 0.179. The van der Waals surface area contributed by atoms with Crippen LogP contribution in [0.2, 0.25) is 0 Å². The van der Waals surface area contributed by atoms with Crippen LogP contribution in [0.4, 0.5) is 4.79 Å². The molecule has 3 aromatic rings. The van der Waals surface area contributed by atoms with E-state index >= 15 is 0 Å². The maximum absolute atomic E-state index is 12.3. The van der Waals surface area contributed by atoms with Gasteiger partial charge in [-0.1, -0.05) is 73.7 Å². The summed E-state index contributed by atoms with van der Waals surface area (Å²) < 4.78 is 23.4. The van der Waals surface area contributed by atoms with E-state index in [9.17, 15) is 9.90 Å². The van der Waals surface area contributed by atoms with Crippen molar-refractivity contribution >= 4 is 6.16 Å². The van der Waals surface area contributed by atoms with Crippen LogP contribution in [-0.2, 0) is 38.7 Å². The molecule has 8 nitrogen and oxygen atoms in total. The van der Waals surface area contributed by atoms with Crippen molar-refractivity contribution in [3.63, 3.8) is 0 Å². The number of benzene rings is 3. The van der Waals surface area contributed by atoms with E-state index in [1.54, 1.807) is 20.8 Å². The molecule has 3 aromatic carbocycles. The Kier molecular flexibility index (Phi) is 12.0. The molecule has 1 heterocycles. The van der Waals surface area contributed by atoms with Gasteiger partial charge in [0.2, 0.25) is 0 Å². The maximum Gasteiger partial charge on any atom is 0.528 e. The number of aliphatic hydroxyl groups excluding tert-OH is 1. The third-order valence-electron chi connectivity index (χ3n) is 7.16. The van der Waals surface area contributed by atoms with Crippen molar-refractivity contribution in [2.45, 2.75) is 77.5 Å². The van der Waals surface area contributed by atoms with Gasteiger partial charge in [-0.2, -0.15) is 0 Å². The first-order valence-electron chi connectivity index (χ1n) is 15.1. The fourth-order valence-corrected chi connectivity index (χ4v) is 4.98. The van der Waals surface area contributed by atoms with Crippen molar-refractivity contribution in [3.8, 4) is 5.75 Å². The van der Waals surface area contributed by atoms with Gasteiger partial charge in [0.25, 0.3) is 0 Å². The van der Waals surface area contributed by atoms with Crippen molar-refractivity contribution in [1.82, 2.24) is 5.06 Å². The third kappa shape index (κ3) is 10.7. The normalized spacial score (nSPS) is 19.1. The van der Waals surface area contributed by atoms with Crippen LogP contribution in [0.1, 0.15) is 62.3 Å². The highest BCUT2D eigenvalue weighted by molar-refractivity contribution is 5.60. The first kappa shape index (κ1) is 32.5. The molecule has 3 atom stereocenters. The zero-order valence-electron chi connectivity index (χ0n) is 25.7. The maximum atomic E-state index is 12.3. The lowest BCUT2D eigenvalue weighted by atomic mass is 9.85. The number of piperidine rings is 1. The predicted molar refractivity (Wildman–Crippen MR) is 165 cm³/mol. The molecule has 0 amide bonds. The van der Waals surface area contributed by atoms with Gasteiger partial charge >= 0.3 is 6.16 Å². The largest absolute Gasteiger partial charge is 0.528 e. The number of ether oxygens (including phenoxy) is 4. The highest BCUT2D eigenvalue weighted by Gasteiger charge is 2.40. The molecule has 0 aliphatic carbocycles. The van der Waals surface area contributed by atoms with Crippen LogP contribution >= 0.6 is 0 Å². The summed E-state index contributed by atoms with van der Waals surface area (Å²) in [6.45, 7) is 9.98. The van der Waals surface area contributed by atoms with E-state index in [0.717, 1.165) is 35.3 Å². The molecule has 232 valence electrons. The van der Waals surface area contributed by atoms with Crippen molar-refractivity contribution in [3.05, 3.63) is 101 Å². The second kappa shape index (κ2) is 15.9. The van der Waals surface area contributed by atoms with E-state index in [1.165, 1.54) is 10.6 Å². The molecule has 0 aromatic heterocycles. The summed E-state index contributed by atoms with van der Waals surface area (Å²) in [4.78, 5) is 17.8. The number of hydrogen-bond acceptors (Lipinski definition) is 8. The molecular formula is C35H45NO7. The Morgan fingerprint density at radius 3 is 2.21 bits per heavy atom. The molecule has 0 saturated carbocycles. The highest BCUT2D eigenvalue weighted by atomic mass is 16.8. The Morgan fingerprint density at radius 1 is 0.860 bits per heavy atom. The van der Waals surface area contributed by atoms with Crippen LogP contribution < -0.4 is 4.74 Å². The first-order chi connectivity index (χ1) is 20.7. The number of nitrogens with zero attached hydrogens (tertiary/aromatic N) is 1. The zero-order valence-corrected chi connectivity index (χ0v) is 25.7. The number of aryl methyl sites for hydroxylation is 1. The van der Waals surface area contributed by atoms with E-state index in [1.807, 2.05) is 54.6 Å². The molecule has 4 rings (SSSR count). The molecule has 1 saturated heterocycles. The number of rotatable bonds is 13. The molecule has 0 radical (unpaired) electrons. The minimum atomic E-state index is -0.836. The van der Waals surface area contributed by atoms with Crippen molar-refractivity contribution in [2.75, 3.05) is 26.3 Å². The van der Waals surface area contributed by atoms with Gasteiger partial charge in [-0.25, -0.2) is 4.79 Å². The van der Waals surface area contributed by atoms with E-state index in [-0.39, 0.29) is 19.0 Å². The molecule has 1 fully saturated rings. The predicted octanol–water partition coefficient (Wildman–Crippen LogP) is 6.45. The van der Waals surface area contributed by atoms with E-state index in [4.69, 9.17) is 23.8 Å². The van der Waals surface area contributed by atoms with Crippen molar-refractivity contribution < 1.29 is 33.7 Å². The standard InChI is InChI=1S/C35H45NO7/c1-5-26-12-14-28(15-13-26)25-41-32-23-36(43-34(38)42-35(2,3)4)22-31(37)33(32)29-16-18-30(19-17-29)40-21-9-20-39-24-27-10-7-6-8-11-27/h6-8,10-19,31-33,37H,5,9,20-25H2,1-4H3. The minimum Gasteiger partial charge on any atom is -0.494 e. The minimum absolute atomic E-state index is 0.135. The highest BCUT2D eigenvalue weighted by Crippen LogP contribution is 2.33. The third-order valence-corrected chi connectivity index (χ3v) is 7.16. The number of aliphatic hydroxyl groups is 1. The van der Waals surface area contributed by atoms with E-state index in [2.05, 4.69) is 31.2 Å². The Labute approximate surface area is 255 Å². The van der Waals surface area contributed by atoms with Crippen molar-refractivity contribution in [1.29, 1.82) is 0 Å².